The highest BCUT2D eigenvalue weighted by Crippen LogP contribution is 2.54. The lowest BCUT2D eigenvalue weighted by Crippen LogP contribution is -2.45. The number of fused-ring (bicyclic) bond motifs is 3. The van der Waals surface area contributed by atoms with Gasteiger partial charge in [-0.3, -0.25) is 0 Å². The molecule has 1 aromatic carbocycles. The van der Waals surface area contributed by atoms with Gasteiger partial charge in [0.1, 0.15) is 17.1 Å². The summed E-state index contributed by atoms with van der Waals surface area (Å²) in [6, 6.07) is 4.07. The van der Waals surface area contributed by atoms with Crippen molar-refractivity contribution in [1.82, 2.24) is 0 Å². The molecule has 138 valence electrons. The molecule has 2 atom stereocenters. The Labute approximate surface area is 151 Å². The highest BCUT2D eigenvalue weighted by Gasteiger charge is 2.46. The SMILES string of the molecule is CCCC(C)(C)c1cc(O)c2c(c1)OC(C)(C)C1CC=C(CO)C[C@H]21. The Morgan fingerprint density at radius 3 is 2.64 bits per heavy atom. The third-order valence-corrected chi connectivity index (χ3v) is 6.24. The number of aliphatic hydroxyl groups is 1. The van der Waals surface area contributed by atoms with Crippen molar-refractivity contribution < 1.29 is 14.9 Å². The summed E-state index contributed by atoms with van der Waals surface area (Å²) in [5.41, 5.74) is 2.86. The number of aliphatic hydroxyl groups excluding tert-OH is 1. The van der Waals surface area contributed by atoms with E-state index in [1.54, 1.807) is 0 Å². The lowest BCUT2D eigenvalue weighted by Gasteiger charge is -2.47. The molecule has 3 nitrogen and oxygen atoms in total. The molecule has 3 rings (SSSR count). The first-order chi connectivity index (χ1) is 11.7. The van der Waals surface area contributed by atoms with Crippen LogP contribution in [0.15, 0.2) is 23.8 Å². The van der Waals surface area contributed by atoms with E-state index < -0.39 is 0 Å². The van der Waals surface area contributed by atoms with Gasteiger partial charge in [-0.2, -0.15) is 0 Å². The molecule has 0 saturated carbocycles. The molecule has 1 heterocycles. The van der Waals surface area contributed by atoms with Crippen LogP contribution < -0.4 is 4.74 Å². The maximum atomic E-state index is 10.9. The summed E-state index contributed by atoms with van der Waals surface area (Å²) in [4.78, 5) is 0. The summed E-state index contributed by atoms with van der Waals surface area (Å²) in [5.74, 6) is 1.69. The highest BCUT2D eigenvalue weighted by molar-refractivity contribution is 5.54. The summed E-state index contributed by atoms with van der Waals surface area (Å²) < 4.78 is 6.40. The van der Waals surface area contributed by atoms with E-state index in [9.17, 15) is 10.2 Å². The number of phenolic OH excluding ortho intramolecular Hbond substituents is 1. The van der Waals surface area contributed by atoms with Gasteiger partial charge in [-0.15, -0.1) is 0 Å². The Hall–Kier alpha value is -1.48. The first kappa shape index (κ1) is 18.3. The van der Waals surface area contributed by atoms with Gasteiger partial charge < -0.3 is 14.9 Å². The van der Waals surface area contributed by atoms with Gasteiger partial charge >= 0.3 is 0 Å². The fourth-order valence-electron chi connectivity index (χ4n) is 4.75. The molecule has 0 aromatic heterocycles. The molecule has 1 unspecified atom stereocenters. The highest BCUT2D eigenvalue weighted by atomic mass is 16.5. The lowest BCUT2D eigenvalue weighted by atomic mass is 9.66. The van der Waals surface area contributed by atoms with Gasteiger partial charge in [0, 0.05) is 17.4 Å². The topological polar surface area (TPSA) is 49.7 Å². The van der Waals surface area contributed by atoms with Crippen LogP contribution in [0.25, 0.3) is 0 Å². The Kier molecular flexibility index (Phi) is 4.65. The number of ether oxygens (including phenoxy) is 1. The molecule has 1 aliphatic carbocycles. The summed E-state index contributed by atoms with van der Waals surface area (Å²) in [6.45, 7) is 11.0. The van der Waals surface area contributed by atoms with Crippen LogP contribution in [0, 0.1) is 5.92 Å². The van der Waals surface area contributed by atoms with Crippen LogP contribution in [0.5, 0.6) is 11.5 Å². The molecule has 0 amide bonds. The second-order valence-corrected chi connectivity index (χ2v) is 8.92. The molecule has 0 saturated heterocycles. The van der Waals surface area contributed by atoms with Crippen LogP contribution in [0.4, 0.5) is 0 Å². The molecule has 0 radical (unpaired) electrons. The van der Waals surface area contributed by atoms with Gasteiger partial charge in [0.2, 0.25) is 0 Å². The van der Waals surface area contributed by atoms with Gasteiger partial charge in [0.25, 0.3) is 0 Å². The number of phenols is 1. The third kappa shape index (κ3) is 3.19. The maximum Gasteiger partial charge on any atom is 0.127 e. The smallest absolute Gasteiger partial charge is 0.127 e. The predicted molar refractivity (Wildman–Crippen MR) is 101 cm³/mol. The van der Waals surface area contributed by atoms with Crippen molar-refractivity contribution in [2.75, 3.05) is 6.61 Å². The Balaban J connectivity index is 2.09. The zero-order chi connectivity index (χ0) is 18.4. The van der Waals surface area contributed by atoms with E-state index in [2.05, 4.69) is 46.8 Å². The minimum absolute atomic E-state index is 0.00827. The number of benzene rings is 1. The van der Waals surface area contributed by atoms with Crippen LogP contribution >= 0.6 is 0 Å². The number of rotatable bonds is 4. The largest absolute Gasteiger partial charge is 0.508 e. The lowest BCUT2D eigenvalue weighted by molar-refractivity contribution is 0.00662. The molecule has 1 aliphatic heterocycles. The first-order valence-electron chi connectivity index (χ1n) is 9.54. The van der Waals surface area contributed by atoms with E-state index >= 15 is 0 Å². The fourth-order valence-corrected chi connectivity index (χ4v) is 4.75. The maximum absolute atomic E-state index is 10.9. The first-order valence-corrected chi connectivity index (χ1v) is 9.54. The second kappa shape index (κ2) is 6.35. The van der Waals surface area contributed by atoms with Crippen molar-refractivity contribution in [2.45, 2.75) is 77.2 Å². The van der Waals surface area contributed by atoms with Gasteiger partial charge in [-0.25, -0.2) is 0 Å². The normalized spacial score (nSPS) is 24.8. The van der Waals surface area contributed by atoms with Gasteiger partial charge in [-0.05, 0) is 61.8 Å². The summed E-state index contributed by atoms with van der Waals surface area (Å²) in [5, 5.41) is 20.5. The Morgan fingerprint density at radius 1 is 1.28 bits per heavy atom. The standard InChI is InChI=1S/C22H32O3/c1-6-9-21(2,3)15-11-18(24)20-16-10-14(13-23)7-8-17(16)22(4,5)25-19(20)12-15/h7,11-12,16-17,23-24H,6,8-10,13H2,1-5H3/t16-,17?/m0/s1. The van der Waals surface area contributed by atoms with E-state index in [4.69, 9.17) is 4.74 Å². The molecule has 25 heavy (non-hydrogen) atoms. The Morgan fingerprint density at radius 2 is 2.00 bits per heavy atom. The molecule has 0 spiro atoms. The number of hydrogen-bond donors (Lipinski definition) is 2. The van der Waals surface area contributed by atoms with E-state index in [1.165, 1.54) is 0 Å². The molecule has 2 aliphatic rings. The predicted octanol–water partition coefficient (Wildman–Crippen LogP) is 5.05. The zero-order valence-electron chi connectivity index (χ0n) is 16.2. The van der Waals surface area contributed by atoms with Crippen molar-refractivity contribution in [3.05, 3.63) is 34.9 Å². The molecular weight excluding hydrogens is 312 g/mol. The van der Waals surface area contributed by atoms with Crippen LogP contribution in [-0.2, 0) is 5.41 Å². The van der Waals surface area contributed by atoms with Gasteiger partial charge in [-0.1, -0.05) is 33.3 Å². The summed E-state index contributed by atoms with van der Waals surface area (Å²) in [6.07, 6.45) is 6.00. The van der Waals surface area contributed by atoms with E-state index in [-0.39, 0.29) is 23.5 Å². The van der Waals surface area contributed by atoms with Crippen molar-refractivity contribution in [3.8, 4) is 11.5 Å². The quantitative estimate of drug-likeness (QED) is 0.751. The monoisotopic (exact) mass is 344 g/mol. The molecule has 0 fully saturated rings. The third-order valence-electron chi connectivity index (χ3n) is 6.24. The van der Waals surface area contributed by atoms with Crippen molar-refractivity contribution in [1.29, 1.82) is 0 Å². The average molecular weight is 344 g/mol. The molecule has 3 heteroatoms. The summed E-state index contributed by atoms with van der Waals surface area (Å²) in [7, 11) is 0. The van der Waals surface area contributed by atoms with Crippen LogP contribution in [0.2, 0.25) is 0 Å². The van der Waals surface area contributed by atoms with Crippen molar-refractivity contribution >= 4 is 0 Å². The van der Waals surface area contributed by atoms with Crippen LogP contribution in [0.1, 0.15) is 77.3 Å². The fraction of sp³-hybridized carbons (Fsp3) is 0.636. The number of aromatic hydroxyl groups is 1. The second-order valence-electron chi connectivity index (χ2n) is 8.92. The number of hydrogen-bond acceptors (Lipinski definition) is 3. The van der Waals surface area contributed by atoms with Crippen LogP contribution in [-0.4, -0.2) is 22.4 Å². The van der Waals surface area contributed by atoms with Crippen molar-refractivity contribution in [2.24, 2.45) is 5.92 Å². The Bertz CT molecular complexity index is 685. The van der Waals surface area contributed by atoms with E-state index in [1.807, 2.05) is 6.07 Å². The number of allylic oxidation sites excluding steroid dienone is 1. The molecule has 2 N–H and O–H groups in total. The average Bonchev–Trinajstić information content (AvgIpc) is 2.53. The van der Waals surface area contributed by atoms with E-state index in [0.29, 0.717) is 11.7 Å². The molecular formula is C22H32O3. The van der Waals surface area contributed by atoms with Crippen molar-refractivity contribution in [3.63, 3.8) is 0 Å². The van der Waals surface area contributed by atoms with Gasteiger partial charge in [0.15, 0.2) is 0 Å². The van der Waals surface area contributed by atoms with Crippen LogP contribution in [0.3, 0.4) is 0 Å². The molecule has 0 bridgehead atoms. The molecule has 1 aromatic rings. The minimum Gasteiger partial charge on any atom is -0.508 e. The van der Waals surface area contributed by atoms with E-state index in [0.717, 1.165) is 48.1 Å². The minimum atomic E-state index is -0.283. The van der Waals surface area contributed by atoms with Gasteiger partial charge in [0.05, 0.1) is 6.61 Å². The zero-order valence-corrected chi connectivity index (χ0v) is 16.2. The summed E-state index contributed by atoms with van der Waals surface area (Å²) >= 11 is 0.